The molecule has 0 saturated carbocycles. The van der Waals surface area contributed by atoms with E-state index in [9.17, 15) is 8.42 Å². The first-order chi connectivity index (χ1) is 9.38. The van der Waals surface area contributed by atoms with E-state index in [0.717, 1.165) is 10.9 Å². The molecule has 2 aromatic carbocycles. The molecule has 0 saturated heterocycles. The molecule has 1 aliphatic rings. The van der Waals surface area contributed by atoms with Crippen LogP contribution in [0.15, 0.2) is 36.4 Å². The van der Waals surface area contributed by atoms with E-state index in [1.165, 1.54) is 17.2 Å². The summed E-state index contributed by atoms with van der Waals surface area (Å²) in [6.07, 6.45) is 1.21. The Labute approximate surface area is 119 Å². The molecule has 0 fully saturated rings. The molecule has 20 heavy (non-hydrogen) atoms. The predicted molar refractivity (Wildman–Crippen MR) is 81.1 cm³/mol. The normalized spacial score (nSPS) is 21.8. The highest BCUT2D eigenvalue weighted by molar-refractivity contribution is 7.88. The fraction of sp³-hybridized carbons (Fsp3) is 0.333. The number of hydrogen-bond acceptors (Lipinski definition) is 3. The zero-order valence-corrected chi connectivity index (χ0v) is 12.6. The van der Waals surface area contributed by atoms with Crippen LogP contribution >= 0.6 is 0 Å². The molecule has 0 bridgehead atoms. The topological polar surface area (TPSA) is 49.4 Å². The van der Waals surface area contributed by atoms with Crippen LogP contribution in [0.1, 0.15) is 23.2 Å². The fourth-order valence-electron chi connectivity index (χ4n) is 3.19. The van der Waals surface area contributed by atoms with Gasteiger partial charge in [-0.25, -0.2) is 13.1 Å². The van der Waals surface area contributed by atoms with E-state index >= 15 is 0 Å². The molecule has 1 aliphatic carbocycles. The van der Waals surface area contributed by atoms with Crippen LogP contribution in [0.4, 0.5) is 0 Å². The molecule has 0 heterocycles. The standard InChI is InChI=1S/C15H18N2O2S/c1-17(2)15-12-9-5-7-10-6-4-8-11(13(10)12)14(15)16-20(3,18)19/h4-9,14-16H,1-3H3/t14-,15-/m0/s1. The van der Waals surface area contributed by atoms with Gasteiger partial charge in [-0.3, -0.25) is 0 Å². The highest BCUT2D eigenvalue weighted by atomic mass is 32.2. The minimum Gasteiger partial charge on any atom is -0.301 e. The first-order valence-corrected chi connectivity index (χ1v) is 8.43. The van der Waals surface area contributed by atoms with Crippen LogP contribution in [-0.4, -0.2) is 33.7 Å². The van der Waals surface area contributed by atoms with Crippen molar-refractivity contribution in [3.05, 3.63) is 47.5 Å². The van der Waals surface area contributed by atoms with Gasteiger partial charge in [-0.15, -0.1) is 0 Å². The van der Waals surface area contributed by atoms with Crippen molar-refractivity contribution < 1.29 is 8.42 Å². The molecule has 0 radical (unpaired) electrons. The molecule has 5 heteroatoms. The van der Waals surface area contributed by atoms with E-state index < -0.39 is 10.0 Å². The van der Waals surface area contributed by atoms with Gasteiger partial charge in [-0.05, 0) is 36.0 Å². The van der Waals surface area contributed by atoms with Gasteiger partial charge in [0, 0.05) is 0 Å². The third kappa shape index (κ3) is 2.12. The van der Waals surface area contributed by atoms with Crippen LogP contribution < -0.4 is 4.72 Å². The van der Waals surface area contributed by atoms with Crippen LogP contribution in [0.3, 0.4) is 0 Å². The van der Waals surface area contributed by atoms with Gasteiger partial charge in [-0.1, -0.05) is 36.4 Å². The van der Waals surface area contributed by atoms with Crippen molar-refractivity contribution in [2.75, 3.05) is 20.4 Å². The second-order valence-electron chi connectivity index (χ2n) is 5.57. The summed E-state index contributed by atoms with van der Waals surface area (Å²) in [5.74, 6) is 0. The van der Waals surface area contributed by atoms with Crippen LogP contribution in [-0.2, 0) is 10.0 Å². The molecule has 4 nitrogen and oxygen atoms in total. The second-order valence-corrected chi connectivity index (χ2v) is 7.35. The molecule has 2 atom stereocenters. The molecule has 0 aliphatic heterocycles. The fourth-order valence-corrected chi connectivity index (χ4v) is 3.91. The van der Waals surface area contributed by atoms with E-state index in [1.54, 1.807) is 0 Å². The van der Waals surface area contributed by atoms with E-state index in [2.05, 4.69) is 27.8 Å². The molecular weight excluding hydrogens is 272 g/mol. The number of sulfonamides is 1. The van der Waals surface area contributed by atoms with Crippen molar-refractivity contribution in [1.82, 2.24) is 9.62 Å². The van der Waals surface area contributed by atoms with Crippen molar-refractivity contribution >= 4 is 20.8 Å². The van der Waals surface area contributed by atoms with E-state index in [-0.39, 0.29) is 12.1 Å². The number of benzene rings is 2. The molecule has 0 spiro atoms. The lowest BCUT2D eigenvalue weighted by atomic mass is 10.0. The Morgan fingerprint density at radius 3 is 2.20 bits per heavy atom. The van der Waals surface area contributed by atoms with Crippen molar-refractivity contribution in [3.8, 4) is 0 Å². The minimum absolute atomic E-state index is 0.0193. The number of rotatable bonds is 3. The van der Waals surface area contributed by atoms with Gasteiger partial charge in [0.15, 0.2) is 0 Å². The van der Waals surface area contributed by atoms with Crippen molar-refractivity contribution in [2.24, 2.45) is 0 Å². The van der Waals surface area contributed by atoms with E-state index in [0.29, 0.717) is 0 Å². The molecule has 0 aromatic heterocycles. The predicted octanol–water partition coefficient (Wildman–Crippen LogP) is 2.05. The summed E-state index contributed by atoms with van der Waals surface area (Å²) in [6, 6.07) is 12.0. The van der Waals surface area contributed by atoms with Crippen molar-refractivity contribution in [3.63, 3.8) is 0 Å². The Hall–Kier alpha value is -1.43. The average Bonchev–Trinajstić information content (AvgIpc) is 2.64. The SMILES string of the molecule is CN(C)[C@H]1c2cccc3cccc(c23)[C@@H]1NS(C)(=O)=O. The zero-order chi connectivity index (χ0) is 14.5. The van der Waals surface area contributed by atoms with Crippen LogP contribution in [0.2, 0.25) is 0 Å². The Morgan fingerprint density at radius 1 is 1.05 bits per heavy atom. The summed E-state index contributed by atoms with van der Waals surface area (Å²) >= 11 is 0. The summed E-state index contributed by atoms with van der Waals surface area (Å²) in [5, 5.41) is 2.33. The maximum atomic E-state index is 11.7. The Morgan fingerprint density at radius 2 is 1.65 bits per heavy atom. The third-order valence-electron chi connectivity index (χ3n) is 3.84. The quantitative estimate of drug-likeness (QED) is 0.941. The van der Waals surface area contributed by atoms with Crippen LogP contribution in [0.5, 0.6) is 0 Å². The minimum atomic E-state index is -3.27. The smallest absolute Gasteiger partial charge is 0.209 e. The molecule has 3 rings (SSSR count). The lowest BCUT2D eigenvalue weighted by Gasteiger charge is -2.28. The van der Waals surface area contributed by atoms with Gasteiger partial charge < -0.3 is 4.90 Å². The lowest BCUT2D eigenvalue weighted by molar-refractivity contribution is 0.258. The Balaban J connectivity index is 2.24. The maximum Gasteiger partial charge on any atom is 0.209 e. The molecule has 1 N–H and O–H groups in total. The van der Waals surface area contributed by atoms with E-state index in [1.807, 2.05) is 32.3 Å². The summed E-state index contributed by atoms with van der Waals surface area (Å²) in [7, 11) is 0.692. The summed E-state index contributed by atoms with van der Waals surface area (Å²) < 4.78 is 26.2. The zero-order valence-electron chi connectivity index (χ0n) is 11.8. The van der Waals surface area contributed by atoms with Gasteiger partial charge in [0.25, 0.3) is 0 Å². The molecule has 0 unspecified atom stereocenters. The largest absolute Gasteiger partial charge is 0.301 e. The number of likely N-dealkylation sites (N-methyl/N-ethyl adjacent to an activating group) is 1. The molecule has 2 aromatic rings. The van der Waals surface area contributed by atoms with E-state index in [4.69, 9.17) is 0 Å². The highest BCUT2D eigenvalue weighted by Crippen LogP contribution is 2.46. The van der Waals surface area contributed by atoms with Crippen LogP contribution in [0.25, 0.3) is 10.8 Å². The van der Waals surface area contributed by atoms with Gasteiger partial charge in [0.2, 0.25) is 10.0 Å². The lowest BCUT2D eigenvalue weighted by Crippen LogP contribution is -2.35. The third-order valence-corrected chi connectivity index (χ3v) is 4.52. The summed E-state index contributed by atoms with van der Waals surface area (Å²) in [4.78, 5) is 2.07. The van der Waals surface area contributed by atoms with Gasteiger partial charge in [0.05, 0.1) is 18.3 Å². The highest BCUT2D eigenvalue weighted by Gasteiger charge is 2.37. The monoisotopic (exact) mass is 290 g/mol. The van der Waals surface area contributed by atoms with Gasteiger partial charge in [0.1, 0.15) is 0 Å². The first kappa shape index (κ1) is 13.5. The van der Waals surface area contributed by atoms with Crippen LogP contribution in [0, 0.1) is 0 Å². The number of hydrogen-bond donors (Lipinski definition) is 1. The summed E-state index contributed by atoms with van der Waals surface area (Å²) in [5.41, 5.74) is 2.24. The van der Waals surface area contributed by atoms with Crippen molar-refractivity contribution in [2.45, 2.75) is 12.1 Å². The number of nitrogens with one attached hydrogen (secondary N) is 1. The first-order valence-electron chi connectivity index (χ1n) is 6.54. The Bertz CT molecular complexity index is 763. The maximum absolute atomic E-state index is 11.7. The number of nitrogens with zero attached hydrogens (tertiary/aromatic N) is 1. The summed E-state index contributed by atoms with van der Waals surface area (Å²) in [6.45, 7) is 0. The average molecular weight is 290 g/mol. The Kier molecular flexibility index (Phi) is 3.08. The molecule has 0 amide bonds. The second kappa shape index (κ2) is 4.55. The molecular formula is C15H18N2O2S. The van der Waals surface area contributed by atoms with Gasteiger partial charge >= 0.3 is 0 Å². The van der Waals surface area contributed by atoms with Crippen molar-refractivity contribution in [1.29, 1.82) is 0 Å². The molecule has 106 valence electrons. The van der Waals surface area contributed by atoms with Gasteiger partial charge in [-0.2, -0.15) is 0 Å².